The van der Waals surface area contributed by atoms with Crippen molar-refractivity contribution in [3.63, 3.8) is 0 Å². The number of carboxylic acid groups (broad SMARTS) is 1. The predicted molar refractivity (Wildman–Crippen MR) is 90.6 cm³/mol. The molecule has 3 aromatic heterocycles. The van der Waals surface area contributed by atoms with E-state index >= 15 is 0 Å². The van der Waals surface area contributed by atoms with Gasteiger partial charge in [-0.1, -0.05) is 0 Å². The summed E-state index contributed by atoms with van der Waals surface area (Å²) in [5.41, 5.74) is 1.01. The molecule has 4 heterocycles. The Hall–Kier alpha value is -2.68. The zero-order chi connectivity index (χ0) is 17.1. The molecule has 9 heteroatoms. The normalized spacial score (nSPS) is 15.7. The molecular formula is C15H16N6O2S. The first kappa shape index (κ1) is 14.9. The van der Waals surface area contributed by atoms with Crippen LogP contribution in [0.25, 0.3) is 10.2 Å². The Labute approximate surface area is 141 Å². The van der Waals surface area contributed by atoms with Gasteiger partial charge in [-0.2, -0.15) is 5.10 Å². The van der Waals surface area contributed by atoms with Crippen molar-refractivity contribution in [3.8, 4) is 0 Å². The second kappa shape index (κ2) is 4.91. The summed E-state index contributed by atoms with van der Waals surface area (Å²) in [5, 5.41) is 22.9. The van der Waals surface area contributed by atoms with E-state index in [9.17, 15) is 9.90 Å². The van der Waals surface area contributed by atoms with Crippen LogP contribution in [0.5, 0.6) is 0 Å². The molecule has 0 spiro atoms. The standard InChI is InChI=1S/C15H16N6O2S/c1-7-16-11(8-4-5-24-13(8)17-7)18-12-9-6-21(14(22)23)15(2,3)10(9)19-20-12/h4-5H,6H2,1-3H3,(H,22,23)(H2,16,17,18,19,20). The molecule has 0 saturated carbocycles. The number of fused-ring (bicyclic) bond motifs is 2. The fourth-order valence-electron chi connectivity index (χ4n) is 3.10. The first-order valence-electron chi connectivity index (χ1n) is 7.45. The lowest BCUT2D eigenvalue weighted by atomic mass is 10.0. The number of nitrogens with zero attached hydrogens (tertiary/aromatic N) is 4. The summed E-state index contributed by atoms with van der Waals surface area (Å²) >= 11 is 1.55. The third-order valence-corrected chi connectivity index (χ3v) is 5.18. The third-order valence-electron chi connectivity index (χ3n) is 4.37. The van der Waals surface area contributed by atoms with E-state index in [4.69, 9.17) is 0 Å². The number of rotatable bonds is 2. The average Bonchev–Trinajstić information content (AvgIpc) is 3.16. The minimum Gasteiger partial charge on any atom is -0.465 e. The lowest BCUT2D eigenvalue weighted by Crippen LogP contribution is -2.39. The van der Waals surface area contributed by atoms with Crippen LogP contribution in [0.2, 0.25) is 0 Å². The molecule has 3 aromatic rings. The second-order valence-corrected chi connectivity index (χ2v) is 7.13. The van der Waals surface area contributed by atoms with Crippen molar-refractivity contribution in [1.29, 1.82) is 0 Å². The highest BCUT2D eigenvalue weighted by Crippen LogP contribution is 2.41. The maximum atomic E-state index is 11.5. The van der Waals surface area contributed by atoms with E-state index in [2.05, 4.69) is 25.5 Å². The number of hydrogen-bond donors (Lipinski definition) is 3. The summed E-state index contributed by atoms with van der Waals surface area (Å²) in [7, 11) is 0. The van der Waals surface area contributed by atoms with Gasteiger partial charge < -0.3 is 10.4 Å². The van der Waals surface area contributed by atoms with Gasteiger partial charge in [0.2, 0.25) is 0 Å². The summed E-state index contributed by atoms with van der Waals surface area (Å²) in [4.78, 5) is 22.7. The molecule has 0 unspecified atom stereocenters. The van der Waals surface area contributed by atoms with Gasteiger partial charge in [-0.25, -0.2) is 14.8 Å². The van der Waals surface area contributed by atoms with Crippen LogP contribution in [-0.2, 0) is 12.1 Å². The minimum atomic E-state index is -0.950. The topological polar surface area (TPSA) is 107 Å². The molecule has 4 rings (SSSR count). The quantitative estimate of drug-likeness (QED) is 0.659. The van der Waals surface area contributed by atoms with Gasteiger partial charge >= 0.3 is 6.09 Å². The van der Waals surface area contributed by atoms with Gasteiger partial charge in [-0.15, -0.1) is 11.3 Å². The van der Waals surface area contributed by atoms with Gasteiger partial charge in [0.15, 0.2) is 5.82 Å². The Kier molecular flexibility index (Phi) is 3.04. The number of hydrogen-bond acceptors (Lipinski definition) is 6. The molecule has 0 fully saturated rings. The second-order valence-electron chi connectivity index (χ2n) is 6.24. The van der Waals surface area contributed by atoms with Crippen LogP contribution in [0, 0.1) is 6.92 Å². The fraction of sp³-hybridized carbons (Fsp3) is 0.333. The summed E-state index contributed by atoms with van der Waals surface area (Å²) in [6.07, 6.45) is -0.950. The van der Waals surface area contributed by atoms with Gasteiger partial charge in [0.05, 0.1) is 23.2 Å². The van der Waals surface area contributed by atoms with Crippen molar-refractivity contribution in [3.05, 3.63) is 28.5 Å². The van der Waals surface area contributed by atoms with Crippen LogP contribution in [0.4, 0.5) is 16.4 Å². The molecule has 1 amide bonds. The Bertz CT molecular complexity index is 960. The van der Waals surface area contributed by atoms with E-state index in [0.29, 0.717) is 17.5 Å². The van der Waals surface area contributed by atoms with E-state index in [1.165, 1.54) is 4.90 Å². The van der Waals surface area contributed by atoms with E-state index in [1.54, 1.807) is 11.3 Å². The molecule has 0 aromatic carbocycles. The molecule has 0 aliphatic carbocycles. The maximum Gasteiger partial charge on any atom is 0.408 e. The van der Waals surface area contributed by atoms with Crippen LogP contribution in [0.1, 0.15) is 30.9 Å². The molecule has 0 saturated heterocycles. The number of aromatic nitrogens is 4. The number of nitrogens with one attached hydrogen (secondary N) is 2. The van der Waals surface area contributed by atoms with Gasteiger partial charge in [0.25, 0.3) is 0 Å². The van der Waals surface area contributed by atoms with Crippen LogP contribution < -0.4 is 5.32 Å². The number of thiophene rings is 1. The third kappa shape index (κ3) is 2.04. The van der Waals surface area contributed by atoms with Gasteiger partial charge in [-0.3, -0.25) is 10.00 Å². The van der Waals surface area contributed by atoms with Crippen LogP contribution in [0.3, 0.4) is 0 Å². The molecular weight excluding hydrogens is 328 g/mol. The fourth-order valence-corrected chi connectivity index (χ4v) is 3.91. The van der Waals surface area contributed by atoms with Crippen LogP contribution in [-0.4, -0.2) is 36.3 Å². The van der Waals surface area contributed by atoms with Crippen molar-refractivity contribution < 1.29 is 9.90 Å². The molecule has 0 radical (unpaired) electrons. The SMILES string of the molecule is Cc1nc(Nc2n[nH]c3c2CN(C(=O)O)C3(C)C)c2ccsc2n1. The zero-order valence-electron chi connectivity index (χ0n) is 13.4. The molecule has 1 aliphatic heterocycles. The number of aromatic amines is 1. The summed E-state index contributed by atoms with van der Waals surface area (Å²) in [6, 6.07) is 1.96. The highest BCUT2D eigenvalue weighted by Gasteiger charge is 2.43. The maximum absolute atomic E-state index is 11.5. The number of anilines is 2. The monoisotopic (exact) mass is 344 g/mol. The molecule has 3 N–H and O–H groups in total. The Balaban J connectivity index is 1.76. The van der Waals surface area contributed by atoms with Crippen molar-refractivity contribution in [2.24, 2.45) is 0 Å². The molecule has 1 aliphatic rings. The summed E-state index contributed by atoms with van der Waals surface area (Å²) < 4.78 is 0. The number of carbonyl (C=O) groups is 1. The highest BCUT2D eigenvalue weighted by molar-refractivity contribution is 7.16. The van der Waals surface area contributed by atoms with Gasteiger partial charge in [0, 0.05) is 5.56 Å². The van der Waals surface area contributed by atoms with Gasteiger partial charge in [-0.05, 0) is 32.2 Å². The zero-order valence-corrected chi connectivity index (χ0v) is 14.2. The van der Waals surface area contributed by atoms with E-state index < -0.39 is 11.6 Å². The van der Waals surface area contributed by atoms with Crippen molar-refractivity contribution in [1.82, 2.24) is 25.1 Å². The van der Waals surface area contributed by atoms with Crippen molar-refractivity contribution >= 4 is 39.3 Å². The van der Waals surface area contributed by atoms with E-state index in [0.717, 1.165) is 21.5 Å². The minimum absolute atomic E-state index is 0.285. The molecule has 0 bridgehead atoms. The molecule has 0 atom stereocenters. The predicted octanol–water partition coefficient (Wildman–Crippen LogP) is 3.20. The van der Waals surface area contributed by atoms with E-state index in [-0.39, 0.29) is 6.54 Å². The smallest absolute Gasteiger partial charge is 0.408 e. The highest BCUT2D eigenvalue weighted by atomic mass is 32.1. The van der Waals surface area contributed by atoms with Crippen molar-refractivity contribution in [2.45, 2.75) is 32.9 Å². The summed E-state index contributed by atoms with van der Waals surface area (Å²) in [6.45, 7) is 5.85. The molecule has 124 valence electrons. The first-order valence-corrected chi connectivity index (χ1v) is 8.33. The Morgan fingerprint density at radius 3 is 2.96 bits per heavy atom. The Morgan fingerprint density at radius 1 is 1.42 bits per heavy atom. The average molecular weight is 344 g/mol. The van der Waals surface area contributed by atoms with Gasteiger partial charge in [0.1, 0.15) is 16.5 Å². The number of H-pyrrole nitrogens is 1. The van der Waals surface area contributed by atoms with Crippen LogP contribution >= 0.6 is 11.3 Å². The first-order chi connectivity index (χ1) is 11.4. The largest absolute Gasteiger partial charge is 0.465 e. The van der Waals surface area contributed by atoms with Crippen LogP contribution in [0.15, 0.2) is 11.4 Å². The number of aryl methyl sites for hydroxylation is 1. The lowest BCUT2D eigenvalue weighted by Gasteiger charge is -2.28. The van der Waals surface area contributed by atoms with E-state index in [1.807, 2.05) is 32.2 Å². The summed E-state index contributed by atoms with van der Waals surface area (Å²) in [5.74, 6) is 1.96. The lowest BCUT2D eigenvalue weighted by molar-refractivity contribution is 0.0978. The Morgan fingerprint density at radius 2 is 2.21 bits per heavy atom. The molecule has 8 nitrogen and oxygen atoms in total. The van der Waals surface area contributed by atoms with Crippen molar-refractivity contribution in [2.75, 3.05) is 5.32 Å². The number of amides is 1. The molecule has 24 heavy (non-hydrogen) atoms.